The Morgan fingerprint density at radius 1 is 1.09 bits per heavy atom. The normalized spacial score (nSPS) is 11.1. The number of amides is 1. The van der Waals surface area contributed by atoms with Gasteiger partial charge in [0, 0.05) is 28.6 Å². The van der Waals surface area contributed by atoms with Crippen LogP contribution in [0.2, 0.25) is 0 Å². The van der Waals surface area contributed by atoms with Crippen molar-refractivity contribution in [3.63, 3.8) is 0 Å². The van der Waals surface area contributed by atoms with Gasteiger partial charge in [-0.15, -0.1) is 0 Å². The lowest BCUT2D eigenvalue weighted by molar-refractivity contribution is -0.123. The van der Waals surface area contributed by atoms with Crippen LogP contribution < -0.4 is 10.1 Å². The van der Waals surface area contributed by atoms with E-state index < -0.39 is 5.41 Å². The molecule has 1 heterocycles. The van der Waals surface area contributed by atoms with Gasteiger partial charge in [-0.05, 0) is 32.0 Å². The molecule has 0 aliphatic carbocycles. The standard InChI is InChI=1S/C17H21N3O2/c1-11-9-12(2)19-16(18-11)22-14-8-6-7-13(10-14)20-15(21)17(3,4)5/h6-10H,1-5H3,(H,20,21). The number of hydrogen-bond donors (Lipinski definition) is 1. The summed E-state index contributed by atoms with van der Waals surface area (Å²) in [7, 11) is 0. The molecule has 1 aromatic carbocycles. The van der Waals surface area contributed by atoms with Crippen LogP contribution >= 0.6 is 0 Å². The molecule has 0 aliphatic rings. The fourth-order valence-electron chi connectivity index (χ4n) is 1.80. The maximum Gasteiger partial charge on any atom is 0.322 e. The van der Waals surface area contributed by atoms with Crippen LogP contribution in [0.25, 0.3) is 0 Å². The zero-order valence-electron chi connectivity index (χ0n) is 13.6. The molecule has 5 nitrogen and oxygen atoms in total. The molecule has 5 heteroatoms. The molecule has 0 saturated carbocycles. The van der Waals surface area contributed by atoms with Gasteiger partial charge in [0.15, 0.2) is 0 Å². The fraction of sp³-hybridized carbons (Fsp3) is 0.353. The monoisotopic (exact) mass is 299 g/mol. The Labute approximate surface area is 130 Å². The van der Waals surface area contributed by atoms with E-state index in [1.807, 2.05) is 52.8 Å². The van der Waals surface area contributed by atoms with Gasteiger partial charge in [0.25, 0.3) is 0 Å². The van der Waals surface area contributed by atoms with Gasteiger partial charge in [-0.25, -0.2) is 9.97 Å². The number of hydrogen-bond acceptors (Lipinski definition) is 4. The number of anilines is 1. The molecule has 2 aromatic rings. The molecule has 0 fully saturated rings. The summed E-state index contributed by atoms with van der Waals surface area (Å²) in [5.74, 6) is 0.531. The molecule has 22 heavy (non-hydrogen) atoms. The summed E-state index contributed by atoms with van der Waals surface area (Å²) < 4.78 is 5.67. The summed E-state index contributed by atoms with van der Waals surface area (Å²) >= 11 is 0. The van der Waals surface area contributed by atoms with Gasteiger partial charge < -0.3 is 10.1 Å². The Balaban J connectivity index is 2.16. The van der Waals surface area contributed by atoms with Crippen LogP contribution in [0.3, 0.4) is 0 Å². The molecule has 0 saturated heterocycles. The van der Waals surface area contributed by atoms with Crippen molar-refractivity contribution in [2.75, 3.05) is 5.32 Å². The minimum atomic E-state index is -0.451. The van der Waals surface area contributed by atoms with Crippen molar-refractivity contribution in [1.29, 1.82) is 0 Å². The highest BCUT2D eigenvalue weighted by molar-refractivity contribution is 5.94. The van der Waals surface area contributed by atoms with Gasteiger partial charge >= 0.3 is 6.01 Å². The number of rotatable bonds is 3. The lowest BCUT2D eigenvalue weighted by Crippen LogP contribution is -2.27. The van der Waals surface area contributed by atoms with Crippen molar-refractivity contribution in [3.8, 4) is 11.8 Å². The summed E-state index contributed by atoms with van der Waals surface area (Å²) in [6.45, 7) is 9.38. The quantitative estimate of drug-likeness (QED) is 0.934. The van der Waals surface area contributed by atoms with E-state index in [0.717, 1.165) is 11.4 Å². The van der Waals surface area contributed by atoms with Crippen LogP contribution in [-0.4, -0.2) is 15.9 Å². The molecule has 0 unspecified atom stereocenters. The van der Waals surface area contributed by atoms with Crippen LogP contribution in [0, 0.1) is 19.3 Å². The molecule has 0 aliphatic heterocycles. The van der Waals surface area contributed by atoms with Crippen molar-refractivity contribution >= 4 is 11.6 Å². The van der Waals surface area contributed by atoms with Gasteiger partial charge in [-0.3, -0.25) is 4.79 Å². The second-order valence-electron chi connectivity index (χ2n) is 6.27. The minimum Gasteiger partial charge on any atom is -0.424 e. The van der Waals surface area contributed by atoms with Gasteiger partial charge in [0.05, 0.1) is 0 Å². The van der Waals surface area contributed by atoms with Crippen LogP contribution in [0.4, 0.5) is 5.69 Å². The molecule has 1 N–H and O–H groups in total. The van der Waals surface area contributed by atoms with E-state index in [1.54, 1.807) is 12.1 Å². The Morgan fingerprint density at radius 2 is 1.73 bits per heavy atom. The summed E-state index contributed by atoms with van der Waals surface area (Å²) in [5.41, 5.74) is 1.93. The number of ether oxygens (including phenoxy) is 1. The molecule has 116 valence electrons. The minimum absolute atomic E-state index is 0.0488. The van der Waals surface area contributed by atoms with Crippen molar-refractivity contribution < 1.29 is 9.53 Å². The molecule has 2 rings (SSSR count). The number of nitrogens with zero attached hydrogens (tertiary/aromatic N) is 2. The fourth-order valence-corrected chi connectivity index (χ4v) is 1.80. The van der Waals surface area contributed by atoms with Crippen LogP contribution in [-0.2, 0) is 4.79 Å². The lowest BCUT2D eigenvalue weighted by Gasteiger charge is -2.17. The second kappa shape index (κ2) is 6.13. The molecule has 0 bridgehead atoms. The highest BCUT2D eigenvalue weighted by atomic mass is 16.5. The Morgan fingerprint density at radius 3 is 2.32 bits per heavy atom. The average molecular weight is 299 g/mol. The zero-order valence-corrected chi connectivity index (χ0v) is 13.6. The highest BCUT2D eigenvalue weighted by Crippen LogP contribution is 2.24. The zero-order chi connectivity index (χ0) is 16.3. The molecule has 0 atom stereocenters. The Bertz CT molecular complexity index is 670. The lowest BCUT2D eigenvalue weighted by atomic mass is 9.95. The third-order valence-electron chi connectivity index (χ3n) is 2.94. The van der Waals surface area contributed by atoms with E-state index in [9.17, 15) is 4.79 Å². The van der Waals surface area contributed by atoms with Crippen molar-refractivity contribution in [3.05, 3.63) is 41.7 Å². The van der Waals surface area contributed by atoms with E-state index in [-0.39, 0.29) is 5.91 Å². The molecular formula is C17H21N3O2. The van der Waals surface area contributed by atoms with E-state index in [0.29, 0.717) is 17.4 Å². The van der Waals surface area contributed by atoms with Gasteiger partial charge in [0.1, 0.15) is 5.75 Å². The Hall–Kier alpha value is -2.43. The first-order valence-corrected chi connectivity index (χ1v) is 7.16. The Kier molecular flexibility index (Phi) is 4.45. The predicted octanol–water partition coefficient (Wildman–Crippen LogP) is 3.87. The van der Waals surface area contributed by atoms with Crippen molar-refractivity contribution in [2.24, 2.45) is 5.41 Å². The van der Waals surface area contributed by atoms with E-state index in [1.165, 1.54) is 0 Å². The summed E-state index contributed by atoms with van der Waals surface area (Å²) in [6, 6.07) is 9.37. The van der Waals surface area contributed by atoms with E-state index in [2.05, 4.69) is 15.3 Å². The molecule has 0 spiro atoms. The van der Waals surface area contributed by atoms with Crippen molar-refractivity contribution in [1.82, 2.24) is 9.97 Å². The largest absolute Gasteiger partial charge is 0.424 e. The second-order valence-corrected chi connectivity index (χ2v) is 6.27. The summed E-state index contributed by atoms with van der Waals surface area (Å²) in [5, 5.41) is 2.87. The SMILES string of the molecule is Cc1cc(C)nc(Oc2cccc(NC(=O)C(C)(C)C)c2)n1. The van der Waals surface area contributed by atoms with Crippen molar-refractivity contribution in [2.45, 2.75) is 34.6 Å². The molecule has 1 amide bonds. The summed E-state index contributed by atoms with van der Waals surface area (Å²) in [4.78, 5) is 20.5. The summed E-state index contributed by atoms with van der Waals surface area (Å²) in [6.07, 6.45) is 0. The third kappa shape index (κ3) is 4.28. The highest BCUT2D eigenvalue weighted by Gasteiger charge is 2.21. The smallest absolute Gasteiger partial charge is 0.322 e. The van der Waals surface area contributed by atoms with Crippen LogP contribution in [0.15, 0.2) is 30.3 Å². The predicted molar refractivity (Wildman–Crippen MR) is 86.1 cm³/mol. The molecule has 1 aromatic heterocycles. The topological polar surface area (TPSA) is 64.1 Å². The van der Waals surface area contributed by atoms with Gasteiger partial charge in [-0.1, -0.05) is 26.8 Å². The van der Waals surface area contributed by atoms with E-state index in [4.69, 9.17) is 4.74 Å². The van der Waals surface area contributed by atoms with Gasteiger partial charge in [-0.2, -0.15) is 0 Å². The number of carbonyl (C=O) groups is 1. The van der Waals surface area contributed by atoms with Gasteiger partial charge in [0.2, 0.25) is 5.91 Å². The maximum atomic E-state index is 12.0. The number of benzene rings is 1. The number of aromatic nitrogens is 2. The maximum absolute atomic E-state index is 12.0. The van der Waals surface area contributed by atoms with Crippen LogP contribution in [0.5, 0.6) is 11.8 Å². The molecule has 0 radical (unpaired) electrons. The number of carbonyl (C=O) groups excluding carboxylic acids is 1. The van der Waals surface area contributed by atoms with E-state index >= 15 is 0 Å². The number of aryl methyl sites for hydroxylation is 2. The van der Waals surface area contributed by atoms with Crippen LogP contribution in [0.1, 0.15) is 32.2 Å². The first kappa shape index (κ1) is 15.9. The first-order valence-electron chi connectivity index (χ1n) is 7.16. The number of nitrogens with one attached hydrogen (secondary N) is 1. The first-order chi connectivity index (χ1) is 10.2. The molecular weight excluding hydrogens is 278 g/mol. The average Bonchev–Trinajstić information content (AvgIpc) is 2.36. The third-order valence-corrected chi connectivity index (χ3v) is 2.94.